The van der Waals surface area contributed by atoms with Gasteiger partial charge in [-0.3, -0.25) is 0 Å². The van der Waals surface area contributed by atoms with Crippen LogP contribution < -0.4 is 20.7 Å². The third kappa shape index (κ3) is 5.03. The average Bonchev–Trinajstić information content (AvgIpc) is 4.00. The van der Waals surface area contributed by atoms with Gasteiger partial charge in [0.25, 0.3) is 0 Å². The van der Waals surface area contributed by atoms with E-state index in [2.05, 4.69) is 213 Å². The number of rotatable bonds is 4. The van der Waals surface area contributed by atoms with Crippen LogP contribution in [-0.2, 0) is 10.8 Å². The summed E-state index contributed by atoms with van der Waals surface area (Å²) in [6.07, 6.45) is 2.33. The van der Waals surface area contributed by atoms with E-state index in [0.29, 0.717) is 0 Å². The molecule has 0 bridgehead atoms. The number of hydrogen-bond donors (Lipinski definition) is 0. The first-order chi connectivity index (χ1) is 31.7. The maximum Gasteiger partial charge on any atom is 0.334 e. The molecular formula is C59H46BN3OS. The van der Waals surface area contributed by atoms with Gasteiger partial charge in [0.15, 0.2) is 5.58 Å². The van der Waals surface area contributed by atoms with E-state index in [-0.39, 0.29) is 17.7 Å². The van der Waals surface area contributed by atoms with Gasteiger partial charge in [0, 0.05) is 76.1 Å². The van der Waals surface area contributed by atoms with E-state index in [1.165, 1.54) is 87.9 Å². The summed E-state index contributed by atoms with van der Waals surface area (Å²) in [6, 6.07) is 61.1. The predicted molar refractivity (Wildman–Crippen MR) is 277 cm³/mol. The minimum Gasteiger partial charge on any atom is -0.454 e. The molecule has 11 aromatic rings. The highest BCUT2D eigenvalue weighted by molar-refractivity contribution is 7.27. The number of anilines is 6. The molecule has 0 N–H and O–H groups in total. The van der Waals surface area contributed by atoms with E-state index < -0.39 is 0 Å². The lowest BCUT2D eigenvalue weighted by Crippen LogP contribution is -2.57. The van der Waals surface area contributed by atoms with Gasteiger partial charge in [0.2, 0.25) is 0 Å². The van der Waals surface area contributed by atoms with Gasteiger partial charge in [-0.15, -0.1) is 11.3 Å². The van der Waals surface area contributed by atoms with Crippen molar-refractivity contribution in [3.63, 3.8) is 0 Å². The summed E-state index contributed by atoms with van der Waals surface area (Å²) < 4.78 is 12.3. The molecule has 3 aliphatic rings. The molecule has 0 spiro atoms. The maximum atomic E-state index is 6.93. The van der Waals surface area contributed by atoms with Gasteiger partial charge in [0.05, 0.1) is 5.52 Å². The van der Waals surface area contributed by atoms with Crippen molar-refractivity contribution < 1.29 is 4.42 Å². The lowest BCUT2D eigenvalue weighted by molar-refractivity contribution is 0.332. The van der Waals surface area contributed by atoms with Gasteiger partial charge in [-0.1, -0.05) is 119 Å². The second-order valence-electron chi connectivity index (χ2n) is 19.9. The Hall–Kier alpha value is -7.02. The van der Waals surface area contributed by atoms with Crippen molar-refractivity contribution in [1.82, 2.24) is 4.48 Å². The first kappa shape index (κ1) is 37.4. The largest absolute Gasteiger partial charge is 0.454 e. The van der Waals surface area contributed by atoms with Gasteiger partial charge in [-0.05, 0) is 137 Å². The molecule has 0 amide bonds. The van der Waals surface area contributed by atoms with Crippen LogP contribution in [-0.4, -0.2) is 11.3 Å². The zero-order valence-corrected chi connectivity index (χ0v) is 38.1. The molecule has 6 heteroatoms. The second-order valence-corrected chi connectivity index (χ2v) is 21.0. The van der Waals surface area contributed by atoms with Crippen LogP contribution in [0.3, 0.4) is 0 Å². The Kier molecular flexibility index (Phi) is 7.50. The van der Waals surface area contributed by atoms with Gasteiger partial charge in [-0.25, -0.2) is 0 Å². The number of nitrogens with zero attached hydrogens (tertiary/aromatic N) is 3. The Morgan fingerprint density at radius 2 is 1.20 bits per heavy atom. The number of aromatic nitrogens is 1. The van der Waals surface area contributed by atoms with Crippen molar-refractivity contribution >= 4 is 116 Å². The molecule has 0 unspecified atom stereocenters. The number of aryl methyl sites for hydroxylation is 1. The van der Waals surface area contributed by atoms with Crippen LogP contribution in [0.1, 0.15) is 57.2 Å². The summed E-state index contributed by atoms with van der Waals surface area (Å²) in [4.78, 5) is 5.10. The SMILES string of the molecule is Cc1cc2c(cc1N1c3cc(N(c4ccccc4)c4ccccc4)cc4c3B(c3c1ccc1c3sc3ccccc31)n1c3c-4cccc3c3oc4ccccc4c31)C(C)(C)CCC2(C)C. The quantitative estimate of drug-likeness (QED) is 0.165. The van der Waals surface area contributed by atoms with E-state index in [0.717, 1.165) is 50.9 Å². The molecular weight excluding hydrogens is 810 g/mol. The Labute approximate surface area is 383 Å². The topological polar surface area (TPSA) is 24.6 Å². The summed E-state index contributed by atoms with van der Waals surface area (Å²) >= 11 is 1.94. The second kappa shape index (κ2) is 13.1. The molecule has 65 heavy (non-hydrogen) atoms. The summed E-state index contributed by atoms with van der Waals surface area (Å²) in [5.41, 5.74) is 20.8. The fraction of sp³-hybridized carbons (Fsp3) is 0.153. The average molecular weight is 856 g/mol. The van der Waals surface area contributed by atoms with Crippen molar-refractivity contribution in [1.29, 1.82) is 0 Å². The minimum absolute atomic E-state index is 0.0339. The van der Waals surface area contributed by atoms with Crippen molar-refractivity contribution in [2.24, 2.45) is 0 Å². The molecule has 4 nitrogen and oxygen atoms in total. The molecule has 8 aromatic carbocycles. The Morgan fingerprint density at radius 1 is 0.538 bits per heavy atom. The van der Waals surface area contributed by atoms with Crippen LogP contribution in [0.5, 0.6) is 0 Å². The molecule has 2 aliphatic heterocycles. The number of fused-ring (bicyclic) bond motifs is 14. The van der Waals surface area contributed by atoms with Crippen LogP contribution in [0.4, 0.5) is 34.1 Å². The zero-order valence-electron chi connectivity index (χ0n) is 37.2. The van der Waals surface area contributed by atoms with Crippen molar-refractivity contribution in [2.45, 2.75) is 58.3 Å². The molecule has 0 fully saturated rings. The summed E-state index contributed by atoms with van der Waals surface area (Å²) in [5, 5.41) is 4.92. The summed E-state index contributed by atoms with van der Waals surface area (Å²) in [6.45, 7) is 12.0. The fourth-order valence-electron chi connectivity index (χ4n) is 12.1. The normalized spacial score (nSPS) is 15.5. The van der Waals surface area contributed by atoms with Crippen molar-refractivity contribution in [3.05, 3.63) is 180 Å². The van der Waals surface area contributed by atoms with E-state index in [1.54, 1.807) is 0 Å². The number of furan rings is 1. The highest BCUT2D eigenvalue weighted by Gasteiger charge is 2.46. The number of hydrogen-bond acceptors (Lipinski definition) is 4. The number of thiophene rings is 1. The van der Waals surface area contributed by atoms with Crippen LogP contribution in [0, 0.1) is 6.92 Å². The van der Waals surface area contributed by atoms with Crippen molar-refractivity contribution in [2.75, 3.05) is 9.80 Å². The van der Waals surface area contributed by atoms with Crippen LogP contribution in [0.25, 0.3) is 64.3 Å². The molecule has 3 aromatic heterocycles. The van der Waals surface area contributed by atoms with Gasteiger partial charge < -0.3 is 18.7 Å². The zero-order chi connectivity index (χ0) is 43.5. The Morgan fingerprint density at radius 3 is 1.95 bits per heavy atom. The molecule has 0 saturated heterocycles. The van der Waals surface area contributed by atoms with Crippen LogP contribution >= 0.6 is 11.3 Å². The van der Waals surface area contributed by atoms with Gasteiger partial charge in [-0.2, -0.15) is 0 Å². The van der Waals surface area contributed by atoms with Crippen molar-refractivity contribution in [3.8, 4) is 11.1 Å². The monoisotopic (exact) mass is 855 g/mol. The molecule has 0 radical (unpaired) electrons. The molecule has 312 valence electrons. The summed E-state index contributed by atoms with van der Waals surface area (Å²) in [7, 11) is 0. The smallest absolute Gasteiger partial charge is 0.334 e. The highest BCUT2D eigenvalue weighted by atomic mass is 32.1. The van der Waals surface area contributed by atoms with E-state index in [1.807, 2.05) is 11.3 Å². The first-order valence-electron chi connectivity index (χ1n) is 23.1. The number of benzene rings is 8. The highest BCUT2D eigenvalue weighted by Crippen LogP contribution is 2.54. The predicted octanol–water partition coefficient (Wildman–Crippen LogP) is 15.5. The lowest BCUT2D eigenvalue weighted by atomic mass is 9.45. The fourth-order valence-corrected chi connectivity index (χ4v) is 13.3. The third-order valence-corrected chi connectivity index (χ3v) is 16.5. The summed E-state index contributed by atoms with van der Waals surface area (Å²) in [5.74, 6) is 0. The minimum atomic E-state index is -0.136. The lowest BCUT2D eigenvalue weighted by Gasteiger charge is -2.45. The van der Waals surface area contributed by atoms with Crippen LogP contribution in [0.15, 0.2) is 168 Å². The molecule has 0 atom stereocenters. The number of para-hydroxylation sites is 4. The van der Waals surface area contributed by atoms with E-state index in [4.69, 9.17) is 4.42 Å². The standard InChI is InChI=1S/C59H46BN3OS/c1-35-31-45-46(59(4,5)30-29-58(45,2)3)34-48(35)62-47-28-27-41-39-21-13-15-26-51(39)65-57(41)53(47)60-52-44(32-38(33-49(52)62)61(36-17-8-6-9-18-36)37-19-10-7-11-20-37)40-23-16-24-43-54(40)63(60)55-42-22-12-14-25-50(42)64-56(43)55/h6-28,31-34H,29-30H2,1-5H3. The van der Waals surface area contributed by atoms with Crippen LogP contribution in [0.2, 0.25) is 0 Å². The van der Waals surface area contributed by atoms with E-state index >= 15 is 0 Å². The molecule has 14 rings (SSSR count). The third-order valence-electron chi connectivity index (χ3n) is 15.3. The van der Waals surface area contributed by atoms with E-state index in [9.17, 15) is 0 Å². The Bertz CT molecular complexity index is 3780. The molecule has 5 heterocycles. The van der Waals surface area contributed by atoms with Gasteiger partial charge >= 0.3 is 6.85 Å². The first-order valence-corrected chi connectivity index (χ1v) is 23.9. The molecule has 1 aliphatic carbocycles. The Balaban J connectivity index is 1.18. The maximum absolute atomic E-state index is 6.93. The van der Waals surface area contributed by atoms with Gasteiger partial charge in [0.1, 0.15) is 5.58 Å². The molecule has 0 saturated carbocycles.